The van der Waals surface area contributed by atoms with Crippen molar-refractivity contribution in [3.8, 4) is 66.8 Å². The van der Waals surface area contributed by atoms with Crippen LogP contribution >= 0.6 is 0 Å². The van der Waals surface area contributed by atoms with Gasteiger partial charge in [0.15, 0.2) is 0 Å². The largest absolute Gasteiger partial charge is 0.310 e. The minimum absolute atomic E-state index is 0.168. The van der Waals surface area contributed by atoms with E-state index < -0.39 is 0 Å². The van der Waals surface area contributed by atoms with Crippen LogP contribution in [0.4, 0.5) is 17.1 Å². The maximum absolute atomic E-state index is 2.49. The van der Waals surface area contributed by atoms with Crippen molar-refractivity contribution in [2.24, 2.45) is 0 Å². The molecule has 0 fully saturated rings. The Labute approximate surface area is 423 Å². The Kier molecular flexibility index (Phi) is 11.0. The molecular weight excluding hydrogens is 867 g/mol. The van der Waals surface area contributed by atoms with Gasteiger partial charge in [0.25, 0.3) is 0 Å². The Morgan fingerprint density at radius 3 is 1.18 bits per heavy atom. The summed E-state index contributed by atoms with van der Waals surface area (Å²) in [5.41, 5.74) is 26.1. The lowest BCUT2D eigenvalue weighted by Crippen LogP contribution is -2.26. The summed E-state index contributed by atoms with van der Waals surface area (Å²) in [6.07, 6.45) is 6.54. The highest BCUT2D eigenvalue weighted by atomic mass is 15.1. The maximum atomic E-state index is 2.49. The second-order valence-corrected chi connectivity index (χ2v) is 19.3. The summed E-state index contributed by atoms with van der Waals surface area (Å²) >= 11 is 0. The molecule has 0 atom stereocenters. The van der Waals surface area contributed by atoms with Gasteiger partial charge in [-0.3, -0.25) is 0 Å². The van der Waals surface area contributed by atoms with Gasteiger partial charge in [-0.15, -0.1) is 0 Å². The van der Waals surface area contributed by atoms with Crippen LogP contribution in [0.5, 0.6) is 0 Å². The molecule has 0 radical (unpaired) electrons. The lowest BCUT2D eigenvalue weighted by molar-refractivity contribution is 0.563. The fraction of sp³-hybridized carbons (Fsp3) is 0.0423. The summed E-state index contributed by atoms with van der Waals surface area (Å²) in [5.74, 6) is 0. The quantitative estimate of drug-likeness (QED) is 0.124. The third-order valence-electron chi connectivity index (χ3n) is 15.0. The molecule has 1 spiro atoms. The molecule has 340 valence electrons. The van der Waals surface area contributed by atoms with Gasteiger partial charge >= 0.3 is 0 Å². The molecule has 0 saturated carbocycles. The molecule has 0 unspecified atom stereocenters. The van der Waals surface area contributed by atoms with E-state index in [9.17, 15) is 0 Å². The molecule has 11 aromatic rings. The van der Waals surface area contributed by atoms with Crippen molar-refractivity contribution in [3.05, 3.63) is 306 Å². The van der Waals surface area contributed by atoms with Crippen molar-refractivity contribution < 1.29 is 0 Å². The smallest absolute Gasteiger partial charge is 0.0465 e. The minimum Gasteiger partial charge on any atom is -0.310 e. The number of anilines is 3. The number of rotatable bonds is 10. The molecule has 13 rings (SSSR count). The normalized spacial score (nSPS) is 12.9. The standard InChI is InChI=1S/C71H51N/c1-7-21-52(22-8-1)64-47-65(69(55-25-11-3-12-26-55)70(56-27-13-4-14-28-56)68(64)54-23-9-2-10-24-54)53-40-37-50(38-41-53)35-36-51-39-43-62-63-44-42-61(72(59-31-15-5-16-32-59)60-33-17-6-18-34-60)46-67(63)71(66(62)45-51)48-57-29-19-20-30-58(57)49-71/h1-47H,48-49H2/b36-35+. The zero-order valence-corrected chi connectivity index (χ0v) is 40.0. The topological polar surface area (TPSA) is 3.24 Å². The molecule has 72 heavy (non-hydrogen) atoms. The fourth-order valence-electron chi connectivity index (χ4n) is 11.8. The monoisotopic (exact) mass is 917 g/mol. The van der Waals surface area contributed by atoms with E-state index in [2.05, 4.69) is 290 Å². The Morgan fingerprint density at radius 1 is 0.278 bits per heavy atom. The summed E-state index contributed by atoms with van der Waals surface area (Å²) in [7, 11) is 0. The van der Waals surface area contributed by atoms with E-state index in [-0.39, 0.29) is 5.41 Å². The van der Waals surface area contributed by atoms with E-state index in [1.165, 1.54) is 100 Å². The molecule has 0 heterocycles. The van der Waals surface area contributed by atoms with E-state index in [1.54, 1.807) is 0 Å². The van der Waals surface area contributed by atoms with Crippen molar-refractivity contribution >= 4 is 29.2 Å². The summed E-state index contributed by atoms with van der Waals surface area (Å²) in [6, 6.07) is 100. The van der Waals surface area contributed by atoms with E-state index in [4.69, 9.17) is 0 Å². The zero-order chi connectivity index (χ0) is 47.8. The molecule has 1 heteroatoms. The van der Waals surface area contributed by atoms with E-state index in [0.717, 1.165) is 29.8 Å². The van der Waals surface area contributed by atoms with Crippen LogP contribution in [-0.2, 0) is 18.3 Å². The van der Waals surface area contributed by atoms with E-state index in [1.807, 2.05) is 0 Å². The number of hydrogen-bond donors (Lipinski definition) is 0. The third-order valence-corrected chi connectivity index (χ3v) is 15.0. The van der Waals surface area contributed by atoms with Gasteiger partial charge < -0.3 is 4.90 Å². The predicted molar refractivity (Wildman–Crippen MR) is 304 cm³/mol. The van der Waals surface area contributed by atoms with Gasteiger partial charge in [0, 0.05) is 22.5 Å². The zero-order valence-electron chi connectivity index (χ0n) is 40.0. The molecule has 0 N–H and O–H groups in total. The van der Waals surface area contributed by atoms with Crippen LogP contribution in [0.15, 0.2) is 273 Å². The lowest BCUT2D eigenvalue weighted by Gasteiger charge is -2.30. The molecule has 0 saturated heterocycles. The molecule has 1 nitrogen and oxygen atoms in total. The predicted octanol–water partition coefficient (Wildman–Crippen LogP) is 18.7. The van der Waals surface area contributed by atoms with Crippen molar-refractivity contribution in [2.75, 3.05) is 4.90 Å². The van der Waals surface area contributed by atoms with Gasteiger partial charge in [-0.1, -0.05) is 243 Å². The Morgan fingerprint density at radius 2 is 0.667 bits per heavy atom. The third kappa shape index (κ3) is 7.68. The molecule has 0 bridgehead atoms. The maximum Gasteiger partial charge on any atom is 0.0465 e. The number of fused-ring (bicyclic) bond motifs is 6. The number of benzene rings is 11. The average Bonchev–Trinajstić information content (AvgIpc) is 3.98. The van der Waals surface area contributed by atoms with Crippen molar-refractivity contribution in [2.45, 2.75) is 18.3 Å². The molecular formula is C71H51N. The Balaban J connectivity index is 0.899. The van der Waals surface area contributed by atoms with Crippen LogP contribution in [0.25, 0.3) is 78.9 Å². The first-order valence-electron chi connectivity index (χ1n) is 25.2. The van der Waals surface area contributed by atoms with Gasteiger partial charge in [0.05, 0.1) is 0 Å². The fourth-order valence-corrected chi connectivity index (χ4v) is 11.8. The Bertz CT molecular complexity index is 3680. The van der Waals surface area contributed by atoms with Crippen molar-refractivity contribution in [3.63, 3.8) is 0 Å². The summed E-state index contributed by atoms with van der Waals surface area (Å²) in [6.45, 7) is 0. The number of nitrogens with zero attached hydrogens (tertiary/aromatic N) is 1. The number of hydrogen-bond acceptors (Lipinski definition) is 1. The van der Waals surface area contributed by atoms with Gasteiger partial charge in [-0.2, -0.15) is 0 Å². The van der Waals surface area contributed by atoms with Gasteiger partial charge in [0.2, 0.25) is 0 Å². The van der Waals surface area contributed by atoms with Crippen LogP contribution in [0.2, 0.25) is 0 Å². The molecule has 2 aliphatic carbocycles. The summed E-state index contributed by atoms with van der Waals surface area (Å²) in [5, 5.41) is 0. The van der Waals surface area contributed by atoms with E-state index >= 15 is 0 Å². The van der Waals surface area contributed by atoms with Gasteiger partial charge in [-0.25, -0.2) is 0 Å². The highest BCUT2D eigenvalue weighted by Gasteiger charge is 2.47. The van der Waals surface area contributed by atoms with Crippen LogP contribution in [-0.4, -0.2) is 0 Å². The molecule has 0 amide bonds. The van der Waals surface area contributed by atoms with Crippen LogP contribution in [0.3, 0.4) is 0 Å². The van der Waals surface area contributed by atoms with Gasteiger partial charge in [-0.05, 0) is 155 Å². The first-order valence-corrected chi connectivity index (χ1v) is 25.2. The molecule has 0 aliphatic heterocycles. The van der Waals surface area contributed by atoms with Crippen molar-refractivity contribution in [1.29, 1.82) is 0 Å². The molecule has 11 aromatic carbocycles. The molecule has 2 aliphatic rings. The van der Waals surface area contributed by atoms with Gasteiger partial charge in [0.1, 0.15) is 0 Å². The highest BCUT2D eigenvalue weighted by Crippen LogP contribution is 2.57. The second kappa shape index (κ2) is 18.4. The number of para-hydroxylation sites is 2. The summed E-state index contributed by atoms with van der Waals surface area (Å²) in [4.78, 5) is 2.39. The second-order valence-electron chi connectivity index (χ2n) is 19.3. The minimum atomic E-state index is -0.168. The summed E-state index contributed by atoms with van der Waals surface area (Å²) < 4.78 is 0. The molecule has 0 aromatic heterocycles. The van der Waals surface area contributed by atoms with Crippen LogP contribution in [0.1, 0.15) is 33.4 Å². The van der Waals surface area contributed by atoms with Crippen LogP contribution in [0, 0.1) is 0 Å². The first kappa shape index (κ1) is 43.0. The first-order chi connectivity index (χ1) is 35.7. The average molecular weight is 918 g/mol. The lowest BCUT2D eigenvalue weighted by atomic mass is 9.75. The van der Waals surface area contributed by atoms with Crippen molar-refractivity contribution in [1.82, 2.24) is 0 Å². The highest BCUT2D eigenvalue weighted by molar-refractivity contribution is 6.07. The van der Waals surface area contributed by atoms with E-state index in [0.29, 0.717) is 0 Å². The van der Waals surface area contributed by atoms with Crippen LogP contribution < -0.4 is 4.90 Å². The SMILES string of the molecule is C(=C\c1ccc2c(c1)C1(Cc3ccccc3C1)c1cc(N(c3ccccc3)c3ccccc3)ccc1-2)/c1ccc(-c2cc(-c3ccccc3)c(-c3ccccc3)c(-c3ccccc3)c2-c2ccccc2)cc1. The Hall–Kier alpha value is -9.04.